The second-order valence-electron chi connectivity index (χ2n) is 23.3. The molecular weight excluding hydrogens is 1290 g/mol. The van der Waals surface area contributed by atoms with Crippen molar-refractivity contribution in [2.75, 3.05) is 182 Å². The van der Waals surface area contributed by atoms with Gasteiger partial charge in [-0.05, 0) is 0 Å². The van der Waals surface area contributed by atoms with Gasteiger partial charge in [-0.25, -0.2) is 0 Å². The molecule has 0 aromatic rings. The Bertz CT molecular complexity index is 2130. The van der Waals surface area contributed by atoms with Crippen molar-refractivity contribution in [2.24, 2.45) is 0 Å². The third-order valence-electron chi connectivity index (χ3n) is 18.1. The van der Waals surface area contributed by atoms with Crippen LogP contribution in [0.5, 0.6) is 0 Å². The van der Waals surface area contributed by atoms with Gasteiger partial charge >= 0.3 is 0 Å². The van der Waals surface area contributed by atoms with Gasteiger partial charge < -0.3 is 161 Å². The molecule has 0 aromatic heterocycles. The van der Waals surface area contributed by atoms with Crippen LogP contribution in [0.25, 0.3) is 0 Å². The summed E-state index contributed by atoms with van der Waals surface area (Å²) in [5.41, 5.74) is 0. The lowest BCUT2D eigenvalue weighted by atomic mass is 9.94. The SMILES string of the molecule is C=C[C@@H](O[C@H]1O[C@H](COC)[C@@H](O[C@H]2O[C@H](COC)[C@@H](O[C@H]3O[C@H](COC)[C@@H](O[C@H]4O[C@H](COC)[C@@H](O[C@H]5O[C@H](COC)[C@@H](O[C@H]6O[C@H](COC)[C@@H](O)[C@H](OC)[C@H]6OC)[C@H](OC)[C@H]5OC)[C@H](OC)[C@H]4OC)[C@H](OC)[C@H]3OC)[C@H](OC)[C@H]2OC)[C@H](OC)[C@H]1OC)[C@H](OC)[C@H](C=O)OC. The van der Waals surface area contributed by atoms with E-state index in [4.69, 9.17) is 152 Å². The summed E-state index contributed by atoms with van der Waals surface area (Å²) in [6, 6.07) is 0. The van der Waals surface area contributed by atoms with Crippen molar-refractivity contribution in [3.63, 3.8) is 0 Å². The maximum absolute atomic E-state index is 12.0. The highest BCUT2D eigenvalue weighted by Gasteiger charge is 2.60. The van der Waals surface area contributed by atoms with Crippen molar-refractivity contribution < 1.29 is 161 Å². The fourth-order valence-electron chi connectivity index (χ4n) is 13.6. The van der Waals surface area contributed by atoms with E-state index in [9.17, 15) is 9.90 Å². The second kappa shape index (κ2) is 42.0. The van der Waals surface area contributed by atoms with E-state index in [2.05, 4.69) is 6.58 Å². The minimum absolute atomic E-state index is 0.0100. The van der Waals surface area contributed by atoms with Crippen molar-refractivity contribution in [2.45, 2.75) is 203 Å². The van der Waals surface area contributed by atoms with Crippen LogP contribution in [0.4, 0.5) is 0 Å². The van der Waals surface area contributed by atoms with E-state index in [0.29, 0.717) is 6.29 Å². The van der Waals surface area contributed by atoms with Gasteiger partial charge in [0.25, 0.3) is 0 Å². The molecule has 96 heavy (non-hydrogen) atoms. The molecule has 1 N–H and O–H groups in total. The molecule has 0 aliphatic carbocycles. The topological polar surface area (TPSA) is 333 Å². The summed E-state index contributed by atoms with van der Waals surface area (Å²) in [6.45, 7) is 3.77. The summed E-state index contributed by atoms with van der Waals surface area (Å²) in [5, 5.41) is 11.2. The monoisotopic (exact) mass is 1400 g/mol. The zero-order chi connectivity index (χ0) is 70.3. The maximum Gasteiger partial charge on any atom is 0.187 e. The Labute approximate surface area is 563 Å². The summed E-state index contributed by atoms with van der Waals surface area (Å²) in [5.74, 6) is 0. The number of aliphatic hydroxyl groups is 1. The van der Waals surface area contributed by atoms with Crippen LogP contribution in [0.1, 0.15) is 0 Å². The lowest BCUT2D eigenvalue weighted by molar-refractivity contribution is -0.402. The largest absolute Gasteiger partial charge is 0.387 e. The number of rotatable bonds is 42. The molecule has 0 radical (unpaired) electrons. The number of hydrogen-bond acceptors (Lipinski definition) is 34. The van der Waals surface area contributed by atoms with Crippen LogP contribution in [0.15, 0.2) is 12.7 Å². The first-order valence-electron chi connectivity index (χ1n) is 31.5. The summed E-state index contributed by atoms with van der Waals surface area (Å²) in [6.07, 6.45) is -30.8. The summed E-state index contributed by atoms with van der Waals surface area (Å²) >= 11 is 0. The molecule has 34 nitrogen and oxygen atoms in total. The maximum atomic E-state index is 12.0. The average Bonchev–Trinajstić information content (AvgIpc) is 0.773. The van der Waals surface area contributed by atoms with E-state index < -0.39 is 203 Å². The van der Waals surface area contributed by atoms with Crippen molar-refractivity contribution >= 4 is 6.29 Å². The third-order valence-corrected chi connectivity index (χ3v) is 18.1. The van der Waals surface area contributed by atoms with Gasteiger partial charge in [0, 0.05) is 142 Å². The minimum Gasteiger partial charge on any atom is -0.387 e. The molecule has 6 rings (SSSR count). The van der Waals surface area contributed by atoms with Crippen molar-refractivity contribution in [3.8, 4) is 0 Å². The normalized spacial score (nSPS) is 41.8. The molecule has 6 fully saturated rings. The Morgan fingerprint density at radius 2 is 0.531 bits per heavy atom. The minimum atomic E-state index is -1.24. The zero-order valence-electron chi connectivity index (χ0n) is 59.1. The summed E-state index contributed by atoms with van der Waals surface area (Å²) in [7, 11) is 29.6. The van der Waals surface area contributed by atoms with Gasteiger partial charge in [-0.3, -0.25) is 0 Å². The van der Waals surface area contributed by atoms with E-state index >= 15 is 0 Å². The Hall–Kier alpha value is -1.91. The second-order valence-corrected chi connectivity index (χ2v) is 23.3. The number of methoxy groups -OCH3 is 20. The fourth-order valence-corrected chi connectivity index (χ4v) is 13.6. The van der Waals surface area contributed by atoms with Gasteiger partial charge in [0.1, 0.15) is 165 Å². The summed E-state index contributed by atoms with van der Waals surface area (Å²) in [4.78, 5) is 12.0. The number of aliphatic hydroxyl groups excluding tert-OH is 1. The van der Waals surface area contributed by atoms with Gasteiger partial charge in [-0.2, -0.15) is 0 Å². The van der Waals surface area contributed by atoms with Crippen LogP contribution in [-0.4, -0.2) is 396 Å². The highest BCUT2D eigenvalue weighted by atomic mass is 16.8. The van der Waals surface area contributed by atoms with E-state index in [1.165, 1.54) is 148 Å². The summed E-state index contributed by atoms with van der Waals surface area (Å²) < 4.78 is 199. The van der Waals surface area contributed by atoms with Crippen LogP contribution in [0.3, 0.4) is 0 Å². The molecule has 0 unspecified atom stereocenters. The molecule has 6 aliphatic rings. The smallest absolute Gasteiger partial charge is 0.187 e. The molecule has 33 atom stereocenters. The van der Waals surface area contributed by atoms with Crippen LogP contribution in [0.2, 0.25) is 0 Å². The number of carbonyl (C=O) groups is 1. The zero-order valence-corrected chi connectivity index (χ0v) is 59.1. The van der Waals surface area contributed by atoms with E-state index in [0.717, 1.165) is 0 Å². The average molecular weight is 1400 g/mol. The molecule has 34 heteroatoms. The predicted molar refractivity (Wildman–Crippen MR) is 326 cm³/mol. The molecule has 562 valence electrons. The quantitative estimate of drug-likeness (QED) is 0.0536. The van der Waals surface area contributed by atoms with E-state index in [-0.39, 0.29) is 39.6 Å². The lowest BCUT2D eigenvalue weighted by Crippen LogP contribution is -2.69. The van der Waals surface area contributed by atoms with Crippen LogP contribution < -0.4 is 0 Å². The first-order chi connectivity index (χ1) is 46.6. The van der Waals surface area contributed by atoms with Gasteiger partial charge in [0.2, 0.25) is 0 Å². The Kier molecular flexibility index (Phi) is 36.3. The molecular formula is C62H110O34. The molecule has 0 amide bonds. The Morgan fingerprint density at radius 3 is 0.750 bits per heavy atom. The number of ether oxygens (including phenoxy) is 32. The van der Waals surface area contributed by atoms with Gasteiger partial charge in [-0.15, -0.1) is 6.58 Å². The highest BCUT2D eigenvalue weighted by Crippen LogP contribution is 2.41. The van der Waals surface area contributed by atoms with Crippen LogP contribution >= 0.6 is 0 Å². The van der Waals surface area contributed by atoms with Crippen molar-refractivity contribution in [1.82, 2.24) is 0 Å². The molecule has 6 aliphatic heterocycles. The van der Waals surface area contributed by atoms with Crippen molar-refractivity contribution in [1.29, 1.82) is 0 Å². The third kappa shape index (κ3) is 19.1. The number of aldehydes is 1. The highest BCUT2D eigenvalue weighted by molar-refractivity contribution is 5.57. The van der Waals surface area contributed by atoms with Gasteiger partial charge in [0.05, 0.1) is 39.6 Å². The molecule has 0 aromatic carbocycles. The molecule has 6 saturated heterocycles. The van der Waals surface area contributed by atoms with Crippen molar-refractivity contribution in [3.05, 3.63) is 12.7 Å². The number of carbonyl (C=O) groups excluding carboxylic acids is 1. The molecule has 0 bridgehead atoms. The van der Waals surface area contributed by atoms with Crippen LogP contribution in [0, 0.1) is 0 Å². The fraction of sp³-hybridized carbons (Fsp3) is 0.952. The van der Waals surface area contributed by atoms with E-state index in [1.807, 2.05) is 0 Å². The number of hydrogen-bond donors (Lipinski definition) is 1. The first-order valence-corrected chi connectivity index (χ1v) is 31.5. The van der Waals surface area contributed by atoms with Crippen LogP contribution in [-0.2, 0) is 156 Å². The Balaban J connectivity index is 1.23. The van der Waals surface area contributed by atoms with E-state index in [1.54, 1.807) is 0 Å². The molecule has 6 heterocycles. The van der Waals surface area contributed by atoms with Gasteiger partial charge in [0.15, 0.2) is 44.0 Å². The first kappa shape index (κ1) is 83.0. The lowest BCUT2D eigenvalue weighted by Gasteiger charge is -2.52. The molecule has 0 spiro atoms. The standard InChI is InChI=1S/C62H110O34/c1-22-30(39(72-9)31(23-63)71-8)85-57-52(80-17)46(74-11)40(33(87-57)25-66-3)93-59-54(82-19)48(76-13)42(35(89-59)27-68-5)95-61-56(84-21)50(78-15)44(37(91-61)29-70-7)96-62-55(83-20)49(77-14)43(36(90-62)28-69-6)94-60-53(81-18)47(75-12)41(34(88-60)26-67-4)92-58-51(79-16)45(73-10)38(64)32(86-58)24-65-2/h22-23,30-62,64H,1,24-29H2,2-21H3/t30-,31+,32-,33-,34-,35-,36-,37-,38-,39+,40-,41-,42-,43-,44-,45+,46+,47+,48+,49+,50+,51-,52-,53-,54-,55-,56-,57+,58-,59-,60-,61-,62-/m1/s1. The Morgan fingerprint density at radius 1 is 0.302 bits per heavy atom. The van der Waals surface area contributed by atoms with Gasteiger partial charge in [-0.1, -0.05) is 6.08 Å². The molecule has 0 saturated carbocycles. The predicted octanol–water partition coefficient (Wildman–Crippen LogP) is -1.52.